The molecule has 0 amide bonds. The molecular weight excluding hydrogens is 312 g/mol. The molecule has 4 nitrogen and oxygen atoms in total. The van der Waals surface area contributed by atoms with Crippen molar-refractivity contribution in [3.8, 4) is 11.5 Å². The van der Waals surface area contributed by atoms with Crippen LogP contribution in [-0.4, -0.2) is 43.3 Å². The van der Waals surface area contributed by atoms with Gasteiger partial charge in [-0.15, -0.1) is 0 Å². The predicted molar refractivity (Wildman–Crippen MR) is 93.4 cm³/mol. The molecule has 0 spiro atoms. The predicted octanol–water partition coefficient (Wildman–Crippen LogP) is 3.58. The van der Waals surface area contributed by atoms with Crippen LogP contribution in [0.15, 0.2) is 12.1 Å². The Hall–Kier alpha value is -0.970. The van der Waals surface area contributed by atoms with E-state index >= 15 is 0 Å². The number of hydrogen-bond acceptors (Lipinski definition) is 4. The number of rotatable bonds is 4. The molecular formula is C18H27ClN2O2. The van der Waals surface area contributed by atoms with Crippen LogP contribution in [0.25, 0.3) is 0 Å². The van der Waals surface area contributed by atoms with Crippen LogP contribution >= 0.6 is 11.6 Å². The topological polar surface area (TPSA) is 44.7 Å². The number of phenolic OH excluding ortho intramolecular Hbond substituents is 1. The maximum Gasteiger partial charge on any atom is 0.176 e. The molecule has 2 aliphatic rings. The third-order valence-electron chi connectivity index (χ3n) is 5.25. The Kier molecular flexibility index (Phi) is 5.67. The van der Waals surface area contributed by atoms with Crippen molar-refractivity contribution < 1.29 is 9.84 Å². The molecule has 0 radical (unpaired) electrons. The molecule has 23 heavy (non-hydrogen) atoms. The standard InChI is InChI=1S/C18H27ClN2O2/c1-23-16-12-14(11-15(19)18(16)22)17(13-5-3-2-4-6-13)21-9-7-20-8-10-21/h11-13,17,20,22H,2-10H2,1H3/t17-/m0/s1. The Bertz CT molecular complexity index is 508. The fourth-order valence-electron chi connectivity index (χ4n) is 4.11. The molecule has 1 atom stereocenters. The Labute approximate surface area is 143 Å². The molecule has 0 unspecified atom stereocenters. The summed E-state index contributed by atoms with van der Waals surface area (Å²) in [4.78, 5) is 2.58. The van der Waals surface area contributed by atoms with Gasteiger partial charge in [-0.2, -0.15) is 0 Å². The molecule has 1 aliphatic heterocycles. The van der Waals surface area contributed by atoms with E-state index in [9.17, 15) is 5.11 Å². The molecule has 1 heterocycles. The average Bonchev–Trinajstić information content (AvgIpc) is 2.60. The Balaban J connectivity index is 1.94. The minimum atomic E-state index is 0.0422. The van der Waals surface area contributed by atoms with Crippen LogP contribution in [0.2, 0.25) is 5.02 Å². The Morgan fingerprint density at radius 3 is 2.57 bits per heavy atom. The summed E-state index contributed by atoms with van der Waals surface area (Å²) in [6, 6.07) is 4.27. The van der Waals surface area contributed by atoms with Crippen LogP contribution in [0.1, 0.15) is 43.7 Å². The van der Waals surface area contributed by atoms with Gasteiger partial charge in [0.1, 0.15) is 0 Å². The van der Waals surface area contributed by atoms with Gasteiger partial charge in [-0.05, 0) is 36.5 Å². The van der Waals surface area contributed by atoms with Crippen molar-refractivity contribution in [2.75, 3.05) is 33.3 Å². The number of aromatic hydroxyl groups is 1. The van der Waals surface area contributed by atoms with Crippen molar-refractivity contribution in [1.82, 2.24) is 10.2 Å². The summed E-state index contributed by atoms with van der Waals surface area (Å²) in [7, 11) is 1.58. The molecule has 0 aromatic heterocycles. The maximum atomic E-state index is 10.0. The van der Waals surface area contributed by atoms with Crippen molar-refractivity contribution in [2.24, 2.45) is 5.92 Å². The zero-order chi connectivity index (χ0) is 16.2. The molecule has 1 aliphatic carbocycles. The van der Waals surface area contributed by atoms with Gasteiger partial charge in [0.05, 0.1) is 12.1 Å². The molecule has 0 bridgehead atoms. The van der Waals surface area contributed by atoms with E-state index in [-0.39, 0.29) is 5.75 Å². The van der Waals surface area contributed by atoms with Crippen molar-refractivity contribution >= 4 is 11.6 Å². The maximum absolute atomic E-state index is 10.0. The number of phenols is 1. The number of hydrogen-bond donors (Lipinski definition) is 2. The van der Waals surface area contributed by atoms with Gasteiger partial charge in [-0.1, -0.05) is 30.9 Å². The molecule has 3 rings (SSSR count). The van der Waals surface area contributed by atoms with Gasteiger partial charge in [0.2, 0.25) is 0 Å². The molecule has 1 saturated heterocycles. The van der Waals surface area contributed by atoms with Gasteiger partial charge in [0.25, 0.3) is 0 Å². The summed E-state index contributed by atoms with van der Waals surface area (Å²) < 4.78 is 5.33. The summed E-state index contributed by atoms with van der Waals surface area (Å²) >= 11 is 6.26. The highest BCUT2D eigenvalue weighted by molar-refractivity contribution is 6.32. The number of ether oxygens (including phenoxy) is 1. The average molecular weight is 339 g/mol. The zero-order valence-corrected chi connectivity index (χ0v) is 14.6. The third-order valence-corrected chi connectivity index (χ3v) is 5.54. The molecule has 5 heteroatoms. The van der Waals surface area contributed by atoms with Gasteiger partial charge >= 0.3 is 0 Å². The van der Waals surface area contributed by atoms with E-state index in [1.165, 1.54) is 37.7 Å². The molecule has 1 aromatic rings. The van der Waals surface area contributed by atoms with Crippen molar-refractivity contribution in [3.05, 3.63) is 22.7 Å². The lowest BCUT2D eigenvalue weighted by molar-refractivity contribution is 0.103. The van der Waals surface area contributed by atoms with Crippen LogP contribution in [0.5, 0.6) is 11.5 Å². The first-order chi connectivity index (χ1) is 11.2. The van der Waals surface area contributed by atoms with Gasteiger partial charge < -0.3 is 15.2 Å². The van der Waals surface area contributed by atoms with E-state index in [0.29, 0.717) is 22.7 Å². The summed E-state index contributed by atoms with van der Waals surface area (Å²) in [6.45, 7) is 4.18. The lowest BCUT2D eigenvalue weighted by Crippen LogP contribution is -2.47. The molecule has 1 aromatic carbocycles. The number of piperazine rings is 1. The largest absolute Gasteiger partial charge is 0.503 e. The van der Waals surface area contributed by atoms with E-state index in [1.54, 1.807) is 7.11 Å². The normalized spacial score (nSPS) is 22.0. The minimum Gasteiger partial charge on any atom is -0.503 e. The fourth-order valence-corrected chi connectivity index (χ4v) is 4.33. The summed E-state index contributed by atoms with van der Waals surface area (Å²) in [6.07, 6.45) is 6.53. The third kappa shape index (κ3) is 3.76. The summed E-state index contributed by atoms with van der Waals surface area (Å²) in [5, 5.41) is 13.9. The second kappa shape index (κ2) is 7.73. The van der Waals surface area contributed by atoms with Crippen LogP contribution in [0, 0.1) is 5.92 Å². The number of nitrogens with zero attached hydrogens (tertiary/aromatic N) is 1. The SMILES string of the molecule is COc1cc([C@H](C2CCCCC2)N2CCNCC2)cc(Cl)c1O. The highest BCUT2D eigenvalue weighted by Crippen LogP contribution is 2.43. The second-order valence-electron chi connectivity index (χ2n) is 6.68. The highest BCUT2D eigenvalue weighted by atomic mass is 35.5. The van der Waals surface area contributed by atoms with Crippen LogP contribution in [0.3, 0.4) is 0 Å². The Morgan fingerprint density at radius 1 is 1.22 bits per heavy atom. The van der Waals surface area contributed by atoms with E-state index in [0.717, 1.165) is 26.2 Å². The van der Waals surface area contributed by atoms with Crippen LogP contribution < -0.4 is 10.1 Å². The van der Waals surface area contributed by atoms with Crippen molar-refractivity contribution in [1.29, 1.82) is 0 Å². The van der Waals surface area contributed by atoms with E-state index < -0.39 is 0 Å². The molecule has 128 valence electrons. The number of benzene rings is 1. The first-order valence-corrected chi connectivity index (χ1v) is 9.09. The molecule has 2 fully saturated rings. The number of methoxy groups -OCH3 is 1. The first kappa shape index (κ1) is 16.9. The Morgan fingerprint density at radius 2 is 1.91 bits per heavy atom. The zero-order valence-electron chi connectivity index (χ0n) is 13.9. The minimum absolute atomic E-state index is 0.0422. The smallest absolute Gasteiger partial charge is 0.176 e. The van der Waals surface area contributed by atoms with Crippen LogP contribution in [0.4, 0.5) is 0 Å². The van der Waals surface area contributed by atoms with E-state index in [4.69, 9.17) is 16.3 Å². The van der Waals surface area contributed by atoms with Gasteiger partial charge in [-0.3, -0.25) is 4.90 Å². The van der Waals surface area contributed by atoms with Gasteiger partial charge in [0.15, 0.2) is 11.5 Å². The molecule has 2 N–H and O–H groups in total. The second-order valence-corrected chi connectivity index (χ2v) is 7.09. The highest BCUT2D eigenvalue weighted by Gasteiger charge is 2.32. The summed E-state index contributed by atoms with van der Waals surface area (Å²) in [5.41, 5.74) is 1.18. The monoisotopic (exact) mass is 338 g/mol. The van der Waals surface area contributed by atoms with Gasteiger partial charge in [0, 0.05) is 32.2 Å². The first-order valence-electron chi connectivity index (χ1n) is 8.72. The quantitative estimate of drug-likeness (QED) is 0.880. The van der Waals surface area contributed by atoms with E-state index in [1.807, 2.05) is 12.1 Å². The fraction of sp³-hybridized carbons (Fsp3) is 0.667. The lowest BCUT2D eigenvalue weighted by Gasteiger charge is -2.41. The number of nitrogens with one attached hydrogen (secondary N) is 1. The van der Waals surface area contributed by atoms with Gasteiger partial charge in [-0.25, -0.2) is 0 Å². The lowest BCUT2D eigenvalue weighted by atomic mass is 9.80. The number of halogens is 1. The van der Waals surface area contributed by atoms with E-state index in [2.05, 4.69) is 10.2 Å². The van der Waals surface area contributed by atoms with Crippen LogP contribution in [-0.2, 0) is 0 Å². The summed E-state index contributed by atoms with van der Waals surface area (Å²) in [5.74, 6) is 1.18. The van der Waals surface area contributed by atoms with Crippen molar-refractivity contribution in [3.63, 3.8) is 0 Å². The van der Waals surface area contributed by atoms with Crippen molar-refractivity contribution in [2.45, 2.75) is 38.1 Å². The molecule has 1 saturated carbocycles.